The molecule has 0 atom stereocenters. The summed E-state index contributed by atoms with van der Waals surface area (Å²) >= 11 is 0. The highest BCUT2D eigenvalue weighted by Gasteiger charge is 2.46. The molecule has 0 bridgehead atoms. The Morgan fingerprint density at radius 2 is 0.772 bits per heavy atom. The van der Waals surface area contributed by atoms with E-state index in [1.54, 1.807) is 0 Å². The Morgan fingerprint density at radius 3 is 1.33 bits per heavy atom. The molecule has 268 valence electrons. The van der Waals surface area contributed by atoms with E-state index < -0.39 is 5.41 Å². The van der Waals surface area contributed by atoms with E-state index in [1.807, 2.05) is 0 Å². The third-order valence-electron chi connectivity index (χ3n) is 11.8. The Kier molecular flexibility index (Phi) is 7.75. The quantitative estimate of drug-likeness (QED) is 0.163. The third kappa shape index (κ3) is 5.33. The van der Waals surface area contributed by atoms with E-state index in [9.17, 15) is 0 Å². The monoisotopic (exact) mass is 727 g/mol. The molecule has 0 saturated heterocycles. The second-order valence-electron chi connectivity index (χ2n) is 14.9. The molecule has 1 aromatic heterocycles. The summed E-state index contributed by atoms with van der Waals surface area (Å²) in [4.78, 5) is 2.32. The van der Waals surface area contributed by atoms with E-state index in [4.69, 9.17) is 4.42 Å². The number of hydrogen-bond donors (Lipinski definition) is 0. The SMILES string of the molecule is c1ccc(-c2ccc(N(c3ccc(-c4ccccc4)cc3)c3ccc4c(c3)oc3cc5c(cc34)-c3ccccc3C5(c3ccccc3)c3ccccc3)cc2)cc1. The lowest BCUT2D eigenvalue weighted by Gasteiger charge is -2.33. The van der Waals surface area contributed by atoms with E-state index >= 15 is 0 Å². The van der Waals surface area contributed by atoms with Gasteiger partial charge in [0.2, 0.25) is 0 Å². The van der Waals surface area contributed by atoms with E-state index in [2.05, 4.69) is 229 Å². The molecule has 10 aromatic rings. The van der Waals surface area contributed by atoms with Gasteiger partial charge in [-0.25, -0.2) is 0 Å². The van der Waals surface area contributed by atoms with Crippen molar-refractivity contribution in [3.63, 3.8) is 0 Å². The number of rotatable bonds is 7. The van der Waals surface area contributed by atoms with Gasteiger partial charge in [-0.2, -0.15) is 0 Å². The number of benzene rings is 9. The molecule has 2 heteroatoms. The van der Waals surface area contributed by atoms with Gasteiger partial charge in [-0.3, -0.25) is 0 Å². The van der Waals surface area contributed by atoms with Gasteiger partial charge in [0.25, 0.3) is 0 Å². The second kappa shape index (κ2) is 13.4. The number of hydrogen-bond acceptors (Lipinski definition) is 2. The maximum absolute atomic E-state index is 6.93. The third-order valence-corrected chi connectivity index (χ3v) is 11.8. The van der Waals surface area contributed by atoms with Gasteiger partial charge in [0, 0.05) is 33.9 Å². The van der Waals surface area contributed by atoms with Crippen molar-refractivity contribution < 1.29 is 4.42 Å². The maximum Gasteiger partial charge on any atom is 0.137 e. The highest BCUT2D eigenvalue weighted by atomic mass is 16.3. The Morgan fingerprint density at radius 1 is 0.316 bits per heavy atom. The van der Waals surface area contributed by atoms with Crippen LogP contribution in [0.4, 0.5) is 17.1 Å². The summed E-state index contributed by atoms with van der Waals surface area (Å²) in [5.74, 6) is 0. The van der Waals surface area contributed by atoms with Gasteiger partial charge >= 0.3 is 0 Å². The van der Waals surface area contributed by atoms with Crippen molar-refractivity contribution in [2.75, 3.05) is 4.90 Å². The minimum atomic E-state index is -0.485. The van der Waals surface area contributed by atoms with Crippen LogP contribution in [-0.2, 0) is 5.41 Å². The molecule has 1 heterocycles. The fourth-order valence-corrected chi connectivity index (χ4v) is 9.15. The Balaban J connectivity index is 1.08. The normalized spacial score (nSPS) is 12.7. The second-order valence-corrected chi connectivity index (χ2v) is 14.9. The predicted molar refractivity (Wildman–Crippen MR) is 237 cm³/mol. The fraction of sp³-hybridized carbons (Fsp3) is 0.0182. The van der Waals surface area contributed by atoms with Gasteiger partial charge in [-0.15, -0.1) is 0 Å². The van der Waals surface area contributed by atoms with Gasteiger partial charge < -0.3 is 9.32 Å². The summed E-state index contributed by atoms with van der Waals surface area (Å²) in [6, 6.07) is 80.9. The van der Waals surface area contributed by atoms with Crippen LogP contribution in [0.1, 0.15) is 22.3 Å². The first-order chi connectivity index (χ1) is 28.3. The molecular formula is C55H37NO. The van der Waals surface area contributed by atoms with Crippen LogP contribution in [0.3, 0.4) is 0 Å². The van der Waals surface area contributed by atoms with Gasteiger partial charge in [0.1, 0.15) is 11.2 Å². The minimum Gasteiger partial charge on any atom is -0.456 e. The van der Waals surface area contributed by atoms with Gasteiger partial charge in [0.05, 0.1) is 5.41 Å². The molecule has 0 unspecified atom stereocenters. The molecule has 2 nitrogen and oxygen atoms in total. The molecule has 1 aliphatic rings. The van der Waals surface area contributed by atoms with Crippen LogP contribution in [0.2, 0.25) is 0 Å². The number of furan rings is 1. The van der Waals surface area contributed by atoms with Crippen LogP contribution in [-0.4, -0.2) is 0 Å². The summed E-state index contributed by atoms with van der Waals surface area (Å²) in [7, 11) is 0. The molecule has 0 fully saturated rings. The molecule has 57 heavy (non-hydrogen) atoms. The van der Waals surface area contributed by atoms with Crippen LogP contribution in [0.25, 0.3) is 55.3 Å². The number of nitrogens with zero attached hydrogens (tertiary/aromatic N) is 1. The Labute approximate surface area is 332 Å². The van der Waals surface area contributed by atoms with Crippen molar-refractivity contribution in [2.24, 2.45) is 0 Å². The number of anilines is 3. The lowest BCUT2D eigenvalue weighted by molar-refractivity contribution is 0.666. The van der Waals surface area contributed by atoms with Crippen molar-refractivity contribution in [3.8, 4) is 33.4 Å². The molecule has 11 rings (SSSR count). The highest BCUT2D eigenvalue weighted by molar-refractivity contribution is 6.09. The summed E-state index contributed by atoms with van der Waals surface area (Å²) in [6.45, 7) is 0. The van der Waals surface area contributed by atoms with Crippen molar-refractivity contribution in [3.05, 3.63) is 247 Å². The number of fused-ring (bicyclic) bond motifs is 6. The van der Waals surface area contributed by atoms with Gasteiger partial charge in [-0.1, -0.05) is 170 Å². The average Bonchev–Trinajstić information content (AvgIpc) is 3.79. The van der Waals surface area contributed by atoms with E-state index in [1.165, 1.54) is 55.6 Å². The maximum atomic E-state index is 6.93. The van der Waals surface area contributed by atoms with E-state index in [0.717, 1.165) is 39.0 Å². The largest absolute Gasteiger partial charge is 0.456 e. The van der Waals surface area contributed by atoms with Crippen LogP contribution in [0, 0.1) is 0 Å². The zero-order valence-electron chi connectivity index (χ0n) is 31.2. The van der Waals surface area contributed by atoms with Gasteiger partial charge in [-0.05, 0) is 104 Å². The smallest absolute Gasteiger partial charge is 0.137 e. The summed E-state index contributed by atoms with van der Waals surface area (Å²) in [5.41, 5.74) is 16.7. The molecule has 0 saturated carbocycles. The van der Waals surface area contributed by atoms with Crippen molar-refractivity contribution >= 4 is 39.0 Å². The first-order valence-electron chi connectivity index (χ1n) is 19.6. The molecule has 0 spiro atoms. The highest BCUT2D eigenvalue weighted by Crippen LogP contribution is 2.57. The van der Waals surface area contributed by atoms with Gasteiger partial charge in [0.15, 0.2) is 0 Å². The summed E-state index contributed by atoms with van der Waals surface area (Å²) in [6.07, 6.45) is 0. The topological polar surface area (TPSA) is 16.4 Å². The van der Waals surface area contributed by atoms with Crippen LogP contribution < -0.4 is 4.90 Å². The summed E-state index contributed by atoms with van der Waals surface area (Å²) < 4.78 is 6.93. The van der Waals surface area contributed by atoms with Crippen LogP contribution in [0.15, 0.2) is 229 Å². The lowest BCUT2D eigenvalue weighted by atomic mass is 9.67. The summed E-state index contributed by atoms with van der Waals surface area (Å²) in [5, 5.41) is 2.22. The molecule has 9 aromatic carbocycles. The molecule has 0 radical (unpaired) electrons. The molecule has 0 amide bonds. The zero-order chi connectivity index (χ0) is 37.8. The molecule has 0 N–H and O–H groups in total. The molecule has 0 aliphatic heterocycles. The predicted octanol–water partition coefficient (Wildman–Crippen LogP) is 14.8. The lowest BCUT2D eigenvalue weighted by Crippen LogP contribution is -2.28. The zero-order valence-corrected chi connectivity index (χ0v) is 31.2. The Hall–Kier alpha value is -7.42. The van der Waals surface area contributed by atoms with Crippen molar-refractivity contribution in [1.82, 2.24) is 0 Å². The standard InChI is InChI=1S/C55H37NO/c1-5-15-38(16-6-1)40-25-29-44(30-26-40)56(45-31-27-41(28-32-45)39-17-7-2-8-18-39)46-33-34-48-50-36-49-47-23-13-14-24-51(47)55(42-19-9-3-10-20-42,43-21-11-4-12-22-43)52(49)37-54(50)57-53(48)35-46/h1-37H. The first kappa shape index (κ1) is 33.0. The van der Waals surface area contributed by atoms with Crippen LogP contribution in [0.5, 0.6) is 0 Å². The minimum absolute atomic E-state index is 0.485. The Bertz CT molecular complexity index is 2900. The molecule has 1 aliphatic carbocycles. The van der Waals surface area contributed by atoms with E-state index in [0.29, 0.717) is 0 Å². The van der Waals surface area contributed by atoms with E-state index in [-0.39, 0.29) is 0 Å². The first-order valence-corrected chi connectivity index (χ1v) is 19.6. The van der Waals surface area contributed by atoms with Crippen molar-refractivity contribution in [2.45, 2.75) is 5.41 Å². The fourth-order valence-electron chi connectivity index (χ4n) is 9.15. The average molecular weight is 728 g/mol. The molecular weight excluding hydrogens is 691 g/mol. The van der Waals surface area contributed by atoms with Crippen LogP contribution >= 0.6 is 0 Å². The van der Waals surface area contributed by atoms with Crippen molar-refractivity contribution in [1.29, 1.82) is 0 Å².